The van der Waals surface area contributed by atoms with Crippen LogP contribution in [0.25, 0.3) is 11.4 Å². The van der Waals surface area contributed by atoms with Crippen LogP contribution in [-0.2, 0) is 10.4 Å². The molecule has 1 amide bonds. The van der Waals surface area contributed by atoms with Gasteiger partial charge in [-0.1, -0.05) is 0 Å². The van der Waals surface area contributed by atoms with Crippen molar-refractivity contribution in [2.24, 2.45) is 0 Å². The zero-order valence-corrected chi connectivity index (χ0v) is 23.0. The number of carbonyl (C=O) groups excluding carboxylic acids is 1. The van der Waals surface area contributed by atoms with Crippen molar-refractivity contribution in [3.8, 4) is 11.4 Å². The van der Waals surface area contributed by atoms with Crippen molar-refractivity contribution >= 4 is 28.0 Å². The predicted molar refractivity (Wildman–Crippen MR) is 130 cm³/mol. The fraction of sp³-hybridized carbons (Fsp3) is 0.640. The van der Waals surface area contributed by atoms with Crippen LogP contribution in [-0.4, -0.2) is 58.0 Å². The summed E-state index contributed by atoms with van der Waals surface area (Å²) in [5.41, 5.74) is -0.242. The van der Waals surface area contributed by atoms with Gasteiger partial charge in [0.1, 0.15) is 0 Å². The van der Waals surface area contributed by atoms with E-state index in [2.05, 4.69) is 38.1 Å². The summed E-state index contributed by atoms with van der Waals surface area (Å²) in [6.07, 6.45) is 7.85. The fourth-order valence-corrected chi connectivity index (χ4v) is 20.3. The normalized spacial score (nSPS) is 19.2. The van der Waals surface area contributed by atoms with Crippen LogP contribution in [0.2, 0.25) is 13.3 Å². The van der Waals surface area contributed by atoms with Crippen LogP contribution in [0.5, 0.6) is 0 Å². The van der Waals surface area contributed by atoms with Crippen LogP contribution in [0.4, 0.5) is 0 Å². The van der Waals surface area contributed by atoms with Gasteiger partial charge in [0, 0.05) is 0 Å². The van der Waals surface area contributed by atoms with Gasteiger partial charge in [-0.05, 0) is 0 Å². The fourth-order valence-electron chi connectivity index (χ4n) is 4.85. The molecule has 3 rings (SSSR count). The predicted octanol–water partition coefficient (Wildman–Crippen LogP) is 4.84. The van der Waals surface area contributed by atoms with Gasteiger partial charge in [0.2, 0.25) is 0 Å². The van der Waals surface area contributed by atoms with Crippen molar-refractivity contribution in [2.45, 2.75) is 84.6 Å². The molecule has 176 valence electrons. The first-order valence-corrected chi connectivity index (χ1v) is 19.8. The van der Waals surface area contributed by atoms with E-state index in [1.165, 1.54) is 60.4 Å². The molecule has 0 aromatic carbocycles. The van der Waals surface area contributed by atoms with Gasteiger partial charge in [-0.3, -0.25) is 0 Å². The van der Waals surface area contributed by atoms with Crippen molar-refractivity contribution in [2.75, 3.05) is 13.6 Å². The number of hydrogen-bond acceptors (Lipinski definition) is 5. The molecule has 2 aromatic heterocycles. The first-order valence-electron chi connectivity index (χ1n) is 12.3. The van der Waals surface area contributed by atoms with Crippen molar-refractivity contribution in [1.82, 2.24) is 15.0 Å². The molecule has 7 heteroatoms. The summed E-state index contributed by atoms with van der Waals surface area (Å²) < 4.78 is 10.9. The monoisotopic (exact) mass is 549 g/mol. The van der Waals surface area contributed by atoms with E-state index in [1.807, 2.05) is 6.07 Å². The first-order chi connectivity index (χ1) is 15.4. The van der Waals surface area contributed by atoms with Crippen LogP contribution < -0.4 is 3.71 Å². The maximum absolute atomic E-state index is 12.4. The van der Waals surface area contributed by atoms with Crippen molar-refractivity contribution in [1.29, 1.82) is 0 Å². The Morgan fingerprint density at radius 2 is 1.69 bits per heavy atom. The van der Waals surface area contributed by atoms with Crippen LogP contribution in [0.3, 0.4) is 0 Å². The van der Waals surface area contributed by atoms with Crippen molar-refractivity contribution < 1.29 is 14.4 Å². The molecule has 1 aliphatic rings. The number of likely N-dealkylation sites (tertiary alicyclic amines) is 1. The number of likely N-dealkylation sites (N-methyl/N-ethyl adjacent to an activating group) is 1. The Balaban J connectivity index is 1.95. The molecule has 0 radical (unpaired) electrons. The molecule has 0 aliphatic carbocycles. The molecule has 0 bridgehead atoms. The van der Waals surface area contributed by atoms with E-state index in [4.69, 9.17) is 9.51 Å². The molecule has 0 saturated carbocycles. The quantitative estimate of drug-likeness (QED) is 0.384. The second kappa shape index (κ2) is 11.1. The Morgan fingerprint density at radius 3 is 2.22 bits per heavy atom. The van der Waals surface area contributed by atoms with E-state index in [0.29, 0.717) is 18.7 Å². The van der Waals surface area contributed by atoms with Crippen LogP contribution >= 0.6 is 0 Å². The molecule has 2 aromatic rings. The summed E-state index contributed by atoms with van der Waals surface area (Å²) in [7, 11) is 1.69. The van der Waals surface area contributed by atoms with Crippen LogP contribution in [0, 0.1) is 0 Å². The second-order valence-electron chi connectivity index (χ2n) is 9.41. The first kappa shape index (κ1) is 25.2. The molecule has 32 heavy (non-hydrogen) atoms. The van der Waals surface area contributed by atoms with Gasteiger partial charge in [0.05, 0.1) is 0 Å². The summed E-state index contributed by atoms with van der Waals surface area (Å²) in [4.78, 5) is 19.1. The van der Waals surface area contributed by atoms with E-state index >= 15 is 0 Å². The summed E-state index contributed by atoms with van der Waals surface area (Å²) in [6, 6.07) is 8.02. The zero-order valence-electron chi connectivity index (χ0n) is 20.2. The second-order valence-corrected chi connectivity index (χ2v) is 22.5. The number of nitrogens with zero attached hydrogens (tertiary/aromatic N) is 3. The molecular weight excluding hydrogens is 509 g/mol. The van der Waals surface area contributed by atoms with Crippen LogP contribution in [0.1, 0.15) is 71.5 Å². The number of hydrogen-bond donors (Lipinski definition) is 1. The van der Waals surface area contributed by atoms with E-state index < -0.39 is 24.0 Å². The van der Waals surface area contributed by atoms with Gasteiger partial charge < -0.3 is 0 Å². The van der Waals surface area contributed by atoms with Gasteiger partial charge in [-0.2, -0.15) is 0 Å². The molecule has 1 atom stereocenters. The molecule has 6 nitrogen and oxygen atoms in total. The number of rotatable bonds is 12. The Bertz CT molecular complexity index is 878. The molecule has 0 unspecified atom stereocenters. The Labute approximate surface area is 196 Å². The van der Waals surface area contributed by atoms with Gasteiger partial charge in [-0.15, -0.1) is 0 Å². The minimum absolute atomic E-state index is 0.215. The number of amides is 1. The Hall–Kier alpha value is -1.41. The Kier molecular flexibility index (Phi) is 8.78. The third-order valence-corrected chi connectivity index (χ3v) is 22.1. The third kappa shape index (κ3) is 5.22. The van der Waals surface area contributed by atoms with Gasteiger partial charge in [0.15, 0.2) is 0 Å². The molecule has 1 fully saturated rings. The maximum atomic E-state index is 12.4. The summed E-state index contributed by atoms with van der Waals surface area (Å²) in [5.74, 6) is -0.123. The Morgan fingerprint density at radius 1 is 1.06 bits per heavy atom. The molecule has 1 saturated heterocycles. The summed E-state index contributed by atoms with van der Waals surface area (Å²) >= 11 is -2.66. The van der Waals surface area contributed by atoms with E-state index in [-0.39, 0.29) is 11.7 Å². The number of aromatic nitrogens is 2. The van der Waals surface area contributed by atoms with Gasteiger partial charge in [-0.25, -0.2) is 0 Å². The standard InChI is InChI=1S/C13H12N3O3.3C4H9.Sn/c1-16-7-5-13(18,12(16)17)11-8-10(15-19-11)9-4-2-3-6-14-9;3*1-3-4-2;/h2-4,8,18H,5,7H2,1H3;3*1,3-4H2,2H3;/t13-;;;;/m1..../s1. The van der Waals surface area contributed by atoms with E-state index in [1.54, 1.807) is 13.1 Å². The topological polar surface area (TPSA) is 79.5 Å². The zero-order chi connectivity index (χ0) is 23.2. The number of aliphatic hydroxyl groups is 1. The minimum atomic E-state index is -2.66. The average molecular weight is 548 g/mol. The average Bonchev–Trinajstić information content (AvgIpc) is 3.41. The van der Waals surface area contributed by atoms with Gasteiger partial charge >= 0.3 is 197 Å². The molecule has 1 aliphatic heterocycles. The summed E-state index contributed by atoms with van der Waals surface area (Å²) in [5, 5.41) is 15.1. The van der Waals surface area contributed by atoms with Crippen LogP contribution in [0.15, 0.2) is 28.8 Å². The van der Waals surface area contributed by atoms with Crippen molar-refractivity contribution in [3.63, 3.8) is 0 Å². The molecule has 1 N–H and O–H groups in total. The van der Waals surface area contributed by atoms with Crippen molar-refractivity contribution in [3.05, 3.63) is 30.0 Å². The van der Waals surface area contributed by atoms with Gasteiger partial charge in [0.25, 0.3) is 0 Å². The molecular formula is C25H39N3O3Sn. The number of pyridine rings is 1. The molecule has 0 spiro atoms. The number of unbranched alkanes of at least 4 members (excludes halogenated alkanes) is 3. The third-order valence-electron chi connectivity index (χ3n) is 7.01. The summed E-state index contributed by atoms with van der Waals surface area (Å²) in [6.45, 7) is 7.35. The van der Waals surface area contributed by atoms with E-state index in [0.717, 1.165) is 5.69 Å². The SMILES string of the molecule is CCC[CH2][Sn]([CH2]CCC)([CH2]CCC)[c]1cccc(-c2cc([C@]3(O)CCN(C)C3=O)on2)n1. The number of carbonyl (C=O) groups is 1. The molecule has 3 heterocycles. The van der Waals surface area contributed by atoms with E-state index in [9.17, 15) is 9.90 Å².